The largest absolute Gasteiger partial charge is 0.492 e. The zero-order valence-electron chi connectivity index (χ0n) is 7.53. The summed E-state index contributed by atoms with van der Waals surface area (Å²) in [5, 5.41) is 0. The summed E-state index contributed by atoms with van der Waals surface area (Å²) < 4.78 is 6.39. The van der Waals surface area contributed by atoms with Gasteiger partial charge in [0.2, 0.25) is 0 Å². The second kappa shape index (κ2) is 5.19. The van der Waals surface area contributed by atoms with Gasteiger partial charge in [0, 0.05) is 16.6 Å². The molecule has 0 fully saturated rings. The van der Waals surface area contributed by atoms with Gasteiger partial charge in [0.15, 0.2) is 0 Å². The topological polar surface area (TPSA) is 48.1 Å². The van der Waals surface area contributed by atoms with Crippen molar-refractivity contribution in [3.05, 3.63) is 22.9 Å². The third-order valence-corrected chi connectivity index (χ3v) is 2.05. The van der Waals surface area contributed by atoms with Crippen LogP contribution >= 0.6 is 15.9 Å². The molecule has 0 aromatic carbocycles. The quantitative estimate of drug-likeness (QED) is 0.880. The van der Waals surface area contributed by atoms with Crippen LogP contribution in [0.1, 0.15) is 6.92 Å². The third kappa shape index (κ3) is 3.74. The summed E-state index contributed by atoms with van der Waals surface area (Å²) >= 11 is 3.32. The lowest BCUT2D eigenvalue weighted by atomic mass is 10.2. The lowest BCUT2D eigenvalue weighted by molar-refractivity contribution is 0.263. The van der Waals surface area contributed by atoms with E-state index in [2.05, 4.69) is 20.9 Å². The van der Waals surface area contributed by atoms with Crippen molar-refractivity contribution in [1.82, 2.24) is 4.98 Å². The van der Waals surface area contributed by atoms with Crippen LogP contribution in [0.25, 0.3) is 0 Å². The van der Waals surface area contributed by atoms with Crippen molar-refractivity contribution in [1.29, 1.82) is 0 Å². The van der Waals surface area contributed by atoms with Crippen LogP contribution in [0.4, 0.5) is 0 Å². The number of hydrogen-bond acceptors (Lipinski definition) is 3. The minimum atomic E-state index is 0.374. The molecule has 0 aliphatic rings. The molecule has 0 aliphatic heterocycles. The highest BCUT2D eigenvalue weighted by Crippen LogP contribution is 2.16. The lowest BCUT2D eigenvalue weighted by Crippen LogP contribution is -2.18. The average Bonchev–Trinajstić information content (AvgIpc) is 2.14. The number of hydrogen-bond donors (Lipinski definition) is 1. The van der Waals surface area contributed by atoms with Crippen LogP contribution in [-0.4, -0.2) is 18.1 Å². The minimum Gasteiger partial charge on any atom is -0.492 e. The van der Waals surface area contributed by atoms with E-state index < -0.39 is 0 Å². The molecule has 0 bridgehead atoms. The average molecular weight is 245 g/mol. The summed E-state index contributed by atoms with van der Waals surface area (Å²) in [6.07, 6.45) is 3.41. The molecule has 0 spiro atoms. The van der Waals surface area contributed by atoms with Gasteiger partial charge in [-0.15, -0.1) is 0 Å². The van der Waals surface area contributed by atoms with Crippen molar-refractivity contribution in [2.24, 2.45) is 11.7 Å². The van der Waals surface area contributed by atoms with E-state index in [1.807, 2.05) is 13.0 Å². The maximum absolute atomic E-state index is 5.47. The van der Waals surface area contributed by atoms with Gasteiger partial charge < -0.3 is 10.5 Å². The van der Waals surface area contributed by atoms with Crippen LogP contribution in [0.15, 0.2) is 22.9 Å². The first kappa shape index (κ1) is 10.5. The van der Waals surface area contributed by atoms with Crippen LogP contribution in [0.3, 0.4) is 0 Å². The van der Waals surface area contributed by atoms with Gasteiger partial charge in [-0.1, -0.05) is 6.92 Å². The molecule has 1 rings (SSSR count). The van der Waals surface area contributed by atoms with Crippen molar-refractivity contribution < 1.29 is 4.74 Å². The summed E-state index contributed by atoms with van der Waals surface area (Å²) in [6.45, 7) is 3.32. The molecule has 2 N–H and O–H groups in total. The van der Waals surface area contributed by atoms with Crippen molar-refractivity contribution in [3.63, 3.8) is 0 Å². The molecule has 0 aliphatic carbocycles. The second-order valence-corrected chi connectivity index (χ2v) is 3.91. The normalized spacial score (nSPS) is 12.5. The molecule has 0 radical (unpaired) electrons. The summed E-state index contributed by atoms with van der Waals surface area (Å²) in [6, 6.07) is 1.89. The molecule has 72 valence electrons. The number of rotatable bonds is 4. The van der Waals surface area contributed by atoms with E-state index in [1.165, 1.54) is 0 Å². The van der Waals surface area contributed by atoms with Gasteiger partial charge in [-0.2, -0.15) is 0 Å². The van der Waals surface area contributed by atoms with Crippen molar-refractivity contribution >= 4 is 15.9 Å². The highest BCUT2D eigenvalue weighted by atomic mass is 79.9. The van der Waals surface area contributed by atoms with Gasteiger partial charge in [0.05, 0.1) is 12.8 Å². The highest BCUT2D eigenvalue weighted by Gasteiger charge is 2.00. The monoisotopic (exact) mass is 244 g/mol. The Hall–Kier alpha value is -0.610. The van der Waals surface area contributed by atoms with Crippen LogP contribution in [0.5, 0.6) is 5.75 Å². The Morgan fingerprint density at radius 1 is 1.62 bits per heavy atom. The Morgan fingerprint density at radius 3 is 3.00 bits per heavy atom. The fourth-order valence-corrected chi connectivity index (χ4v) is 1.12. The first-order valence-electron chi connectivity index (χ1n) is 4.15. The molecule has 13 heavy (non-hydrogen) atoms. The zero-order valence-corrected chi connectivity index (χ0v) is 9.12. The van der Waals surface area contributed by atoms with E-state index in [4.69, 9.17) is 10.5 Å². The van der Waals surface area contributed by atoms with E-state index in [-0.39, 0.29) is 0 Å². The fraction of sp³-hybridized carbons (Fsp3) is 0.444. The number of nitrogens with two attached hydrogens (primary N) is 1. The number of halogens is 1. The van der Waals surface area contributed by atoms with Gasteiger partial charge >= 0.3 is 0 Å². The highest BCUT2D eigenvalue weighted by molar-refractivity contribution is 9.10. The lowest BCUT2D eigenvalue weighted by Gasteiger charge is -2.10. The molecule has 1 aromatic rings. The molecule has 1 unspecified atom stereocenters. The van der Waals surface area contributed by atoms with E-state index in [0.29, 0.717) is 19.1 Å². The predicted molar refractivity (Wildman–Crippen MR) is 55.7 cm³/mol. The molecule has 4 heteroatoms. The Balaban J connectivity index is 2.45. The summed E-state index contributed by atoms with van der Waals surface area (Å²) in [5.41, 5.74) is 5.46. The van der Waals surface area contributed by atoms with Gasteiger partial charge in [-0.05, 0) is 28.5 Å². The predicted octanol–water partition coefficient (Wildman–Crippen LogP) is 1.82. The Bertz CT molecular complexity index is 268. The van der Waals surface area contributed by atoms with Gasteiger partial charge in [-0.3, -0.25) is 4.98 Å². The first-order chi connectivity index (χ1) is 6.22. The van der Waals surface area contributed by atoms with E-state index in [1.54, 1.807) is 12.4 Å². The number of aromatic nitrogens is 1. The smallest absolute Gasteiger partial charge is 0.138 e. The second-order valence-electron chi connectivity index (χ2n) is 2.99. The molecule has 1 aromatic heterocycles. The van der Waals surface area contributed by atoms with Crippen LogP contribution < -0.4 is 10.5 Å². The van der Waals surface area contributed by atoms with E-state index in [0.717, 1.165) is 10.2 Å². The Morgan fingerprint density at radius 2 is 2.38 bits per heavy atom. The number of pyridine rings is 1. The SMILES string of the molecule is CC(CN)COc1cncc(Br)c1. The molecule has 0 saturated carbocycles. The van der Waals surface area contributed by atoms with E-state index in [9.17, 15) is 0 Å². The van der Waals surface area contributed by atoms with Crippen molar-refractivity contribution in [2.75, 3.05) is 13.2 Å². The van der Waals surface area contributed by atoms with Gasteiger partial charge in [-0.25, -0.2) is 0 Å². The van der Waals surface area contributed by atoms with Crippen LogP contribution in [0.2, 0.25) is 0 Å². The maximum Gasteiger partial charge on any atom is 0.138 e. The minimum absolute atomic E-state index is 0.374. The van der Waals surface area contributed by atoms with Crippen LogP contribution in [-0.2, 0) is 0 Å². The number of ether oxygens (including phenoxy) is 1. The first-order valence-corrected chi connectivity index (χ1v) is 4.95. The fourth-order valence-electron chi connectivity index (χ4n) is 0.778. The Labute approximate surface area is 86.4 Å². The summed E-state index contributed by atoms with van der Waals surface area (Å²) in [5.74, 6) is 1.15. The molecule has 1 atom stereocenters. The zero-order chi connectivity index (χ0) is 9.68. The van der Waals surface area contributed by atoms with E-state index >= 15 is 0 Å². The molecule has 3 nitrogen and oxygen atoms in total. The van der Waals surface area contributed by atoms with Gasteiger partial charge in [0.1, 0.15) is 5.75 Å². The summed E-state index contributed by atoms with van der Waals surface area (Å²) in [4.78, 5) is 3.98. The molecular weight excluding hydrogens is 232 g/mol. The molecule has 1 heterocycles. The molecule has 0 saturated heterocycles. The Kier molecular flexibility index (Phi) is 4.18. The van der Waals surface area contributed by atoms with Gasteiger partial charge in [0.25, 0.3) is 0 Å². The third-order valence-electron chi connectivity index (χ3n) is 1.62. The van der Waals surface area contributed by atoms with Crippen molar-refractivity contribution in [2.45, 2.75) is 6.92 Å². The maximum atomic E-state index is 5.47. The van der Waals surface area contributed by atoms with Crippen LogP contribution in [0, 0.1) is 5.92 Å². The molecule has 0 amide bonds. The molecular formula is C9H13BrN2O. The van der Waals surface area contributed by atoms with Crippen molar-refractivity contribution in [3.8, 4) is 5.75 Å². The standard InChI is InChI=1S/C9H13BrN2O/c1-7(3-11)6-13-9-2-8(10)4-12-5-9/h2,4-5,7H,3,6,11H2,1H3. The number of nitrogens with zero attached hydrogens (tertiary/aromatic N) is 1. The summed E-state index contributed by atoms with van der Waals surface area (Å²) in [7, 11) is 0.